The van der Waals surface area contributed by atoms with E-state index in [-0.39, 0.29) is 11.2 Å². The molecule has 2 aromatic rings. The van der Waals surface area contributed by atoms with E-state index >= 15 is 0 Å². The van der Waals surface area contributed by atoms with Crippen LogP contribution in [0.2, 0.25) is 0 Å². The number of carbonyl (C=O) groups is 1. The number of nitrogens with one attached hydrogen (secondary N) is 1. The number of hydrogen-bond donors (Lipinski definition) is 1. The Morgan fingerprint density at radius 2 is 1.67 bits per heavy atom. The van der Waals surface area contributed by atoms with Crippen LogP contribution in [0.1, 0.15) is 22.3 Å². The predicted octanol–water partition coefficient (Wildman–Crippen LogP) is 3.47. The number of amidine groups is 1. The molecule has 1 fully saturated rings. The van der Waals surface area contributed by atoms with Crippen molar-refractivity contribution in [1.29, 1.82) is 0 Å². The van der Waals surface area contributed by atoms with Crippen LogP contribution >= 0.6 is 11.8 Å². The van der Waals surface area contributed by atoms with Crippen molar-refractivity contribution in [1.82, 2.24) is 5.32 Å². The third-order valence-corrected chi connectivity index (χ3v) is 4.82. The molecule has 1 atom stereocenters. The third-order valence-electron chi connectivity index (χ3n) is 3.75. The maximum Gasteiger partial charge on any atom is 0.239 e. The van der Waals surface area contributed by atoms with E-state index in [1.54, 1.807) is 6.21 Å². The van der Waals surface area contributed by atoms with E-state index < -0.39 is 0 Å². The van der Waals surface area contributed by atoms with E-state index in [4.69, 9.17) is 0 Å². The zero-order valence-corrected chi connectivity index (χ0v) is 14.5. The van der Waals surface area contributed by atoms with Crippen LogP contribution in [-0.2, 0) is 11.2 Å². The van der Waals surface area contributed by atoms with Gasteiger partial charge in [0.25, 0.3) is 0 Å². The molecular weight excluding hydrogens is 318 g/mol. The molecule has 0 unspecified atom stereocenters. The third kappa shape index (κ3) is 4.32. The minimum Gasteiger partial charge on any atom is -0.303 e. The van der Waals surface area contributed by atoms with Crippen molar-refractivity contribution < 1.29 is 4.79 Å². The number of nitrogens with zero attached hydrogens (tertiary/aromatic N) is 2. The van der Waals surface area contributed by atoms with Gasteiger partial charge in [-0.3, -0.25) is 4.79 Å². The standard InChI is InChI=1S/C19H19N3OS/c1-13-3-7-15(8-4-13)11-17-18(23)21-19(24-17)22-20-12-16-9-5-14(2)6-10-16/h3-10,12,17H,11H2,1-2H3,(H,21,22,23)/b20-12-/t17-/m1/s1. The molecule has 0 aromatic heterocycles. The van der Waals surface area contributed by atoms with Crippen LogP contribution < -0.4 is 5.32 Å². The Morgan fingerprint density at radius 3 is 2.33 bits per heavy atom. The second-order valence-corrected chi connectivity index (χ2v) is 7.04. The molecule has 1 heterocycles. The fraction of sp³-hybridized carbons (Fsp3) is 0.211. The average molecular weight is 337 g/mol. The zero-order valence-electron chi connectivity index (χ0n) is 13.7. The van der Waals surface area contributed by atoms with Crippen molar-refractivity contribution in [2.45, 2.75) is 25.5 Å². The molecule has 5 heteroatoms. The average Bonchev–Trinajstić information content (AvgIpc) is 2.91. The summed E-state index contributed by atoms with van der Waals surface area (Å²) < 4.78 is 0. The second kappa shape index (κ2) is 7.45. The first-order chi connectivity index (χ1) is 11.6. The molecule has 1 saturated heterocycles. The van der Waals surface area contributed by atoms with Crippen molar-refractivity contribution in [3.05, 3.63) is 70.8 Å². The van der Waals surface area contributed by atoms with E-state index in [1.807, 2.05) is 31.2 Å². The van der Waals surface area contributed by atoms with Crippen molar-refractivity contribution >= 4 is 29.1 Å². The quantitative estimate of drug-likeness (QED) is 0.686. The number of hydrogen-bond acceptors (Lipinski definition) is 4. The van der Waals surface area contributed by atoms with Gasteiger partial charge in [0.05, 0.1) is 11.5 Å². The molecular formula is C19H19N3OS. The summed E-state index contributed by atoms with van der Waals surface area (Å²) in [5.74, 6) is -0.00939. The fourth-order valence-corrected chi connectivity index (χ4v) is 3.29. The highest BCUT2D eigenvalue weighted by Gasteiger charge is 2.30. The lowest BCUT2D eigenvalue weighted by atomic mass is 10.1. The smallest absolute Gasteiger partial charge is 0.239 e. The molecule has 3 rings (SSSR count). The molecule has 2 aromatic carbocycles. The highest BCUT2D eigenvalue weighted by Crippen LogP contribution is 2.23. The van der Waals surface area contributed by atoms with Gasteiger partial charge in [-0.25, -0.2) is 0 Å². The van der Waals surface area contributed by atoms with Crippen LogP contribution in [0.25, 0.3) is 0 Å². The Labute approximate surface area is 146 Å². The van der Waals surface area contributed by atoms with Crippen LogP contribution in [0.4, 0.5) is 0 Å². The molecule has 0 bridgehead atoms. The van der Waals surface area contributed by atoms with Gasteiger partial charge in [-0.15, -0.1) is 5.10 Å². The summed E-state index contributed by atoms with van der Waals surface area (Å²) in [7, 11) is 0. The van der Waals surface area contributed by atoms with Crippen molar-refractivity contribution in [3.8, 4) is 0 Å². The lowest BCUT2D eigenvalue weighted by molar-refractivity contribution is -0.118. The molecule has 0 aliphatic carbocycles. The molecule has 0 spiro atoms. The molecule has 24 heavy (non-hydrogen) atoms. The molecule has 0 saturated carbocycles. The molecule has 122 valence electrons. The van der Waals surface area contributed by atoms with Crippen molar-refractivity contribution in [2.75, 3.05) is 0 Å². The summed E-state index contributed by atoms with van der Waals surface area (Å²) in [6, 6.07) is 16.3. The van der Waals surface area contributed by atoms with E-state index in [0.717, 1.165) is 11.1 Å². The van der Waals surface area contributed by atoms with E-state index in [2.05, 4.69) is 46.7 Å². The van der Waals surface area contributed by atoms with Gasteiger partial charge in [0, 0.05) is 0 Å². The Hall–Kier alpha value is -2.40. The summed E-state index contributed by atoms with van der Waals surface area (Å²) in [4.78, 5) is 12.1. The SMILES string of the molecule is Cc1ccc(/C=N\N=C2/NC(=O)[C@@H](Cc3ccc(C)cc3)S2)cc1. The first kappa shape index (κ1) is 16.5. The predicted molar refractivity (Wildman–Crippen MR) is 101 cm³/mol. The Morgan fingerprint density at radius 1 is 1.04 bits per heavy atom. The lowest BCUT2D eigenvalue weighted by Crippen LogP contribution is -2.25. The first-order valence-corrected chi connectivity index (χ1v) is 8.69. The molecule has 1 N–H and O–H groups in total. The Bertz CT molecular complexity index is 779. The van der Waals surface area contributed by atoms with Crippen LogP contribution in [-0.4, -0.2) is 22.5 Å². The first-order valence-electron chi connectivity index (χ1n) is 7.81. The van der Waals surface area contributed by atoms with Gasteiger partial charge in [0.1, 0.15) is 0 Å². The van der Waals surface area contributed by atoms with Crippen LogP contribution in [0.5, 0.6) is 0 Å². The zero-order chi connectivity index (χ0) is 16.9. The van der Waals surface area contributed by atoms with E-state index in [9.17, 15) is 4.79 Å². The van der Waals surface area contributed by atoms with Gasteiger partial charge < -0.3 is 5.32 Å². The fourth-order valence-electron chi connectivity index (χ4n) is 2.33. The summed E-state index contributed by atoms with van der Waals surface area (Å²) in [5, 5.41) is 11.4. The number of rotatable bonds is 4. The highest BCUT2D eigenvalue weighted by molar-refractivity contribution is 8.15. The molecule has 1 aliphatic heterocycles. The van der Waals surface area contributed by atoms with Gasteiger partial charge in [0.15, 0.2) is 5.17 Å². The normalized spacial score (nSPS) is 19.2. The van der Waals surface area contributed by atoms with Crippen LogP contribution in [0, 0.1) is 13.8 Å². The monoisotopic (exact) mass is 337 g/mol. The van der Waals surface area contributed by atoms with Gasteiger partial charge in [-0.05, 0) is 31.4 Å². The largest absolute Gasteiger partial charge is 0.303 e. The van der Waals surface area contributed by atoms with Gasteiger partial charge in [-0.2, -0.15) is 5.10 Å². The summed E-state index contributed by atoms with van der Waals surface area (Å²) >= 11 is 1.43. The minimum atomic E-state index is -0.152. The molecule has 4 nitrogen and oxygen atoms in total. The van der Waals surface area contributed by atoms with E-state index in [1.165, 1.54) is 22.9 Å². The summed E-state index contributed by atoms with van der Waals surface area (Å²) in [5.41, 5.74) is 4.55. The molecule has 0 radical (unpaired) electrons. The number of carbonyl (C=O) groups excluding carboxylic acids is 1. The molecule has 1 amide bonds. The maximum absolute atomic E-state index is 12.1. The summed E-state index contributed by atoms with van der Waals surface area (Å²) in [6.45, 7) is 4.09. The van der Waals surface area contributed by atoms with Gasteiger partial charge in [0.2, 0.25) is 5.91 Å². The van der Waals surface area contributed by atoms with Gasteiger partial charge >= 0.3 is 0 Å². The minimum absolute atomic E-state index is 0.00939. The van der Waals surface area contributed by atoms with E-state index in [0.29, 0.717) is 11.6 Å². The van der Waals surface area contributed by atoms with Crippen molar-refractivity contribution in [3.63, 3.8) is 0 Å². The second-order valence-electron chi connectivity index (χ2n) is 5.85. The number of thioether (sulfide) groups is 1. The maximum atomic E-state index is 12.1. The number of benzene rings is 2. The molecule has 1 aliphatic rings. The topological polar surface area (TPSA) is 53.8 Å². The lowest BCUT2D eigenvalue weighted by Gasteiger charge is -2.05. The van der Waals surface area contributed by atoms with Crippen LogP contribution in [0.3, 0.4) is 0 Å². The Balaban J connectivity index is 1.61. The summed E-state index contributed by atoms with van der Waals surface area (Å²) in [6.07, 6.45) is 2.38. The number of aryl methyl sites for hydroxylation is 2. The highest BCUT2D eigenvalue weighted by atomic mass is 32.2. The van der Waals surface area contributed by atoms with Crippen molar-refractivity contribution in [2.24, 2.45) is 10.2 Å². The number of amides is 1. The van der Waals surface area contributed by atoms with Crippen LogP contribution in [0.15, 0.2) is 58.7 Å². The van der Waals surface area contributed by atoms with Gasteiger partial charge in [-0.1, -0.05) is 71.4 Å². The Kier molecular flexibility index (Phi) is 5.11.